The Morgan fingerprint density at radius 1 is 0.680 bits per heavy atom. The maximum atomic E-state index is 5.47. The van der Waals surface area contributed by atoms with E-state index in [-0.39, 0.29) is 0 Å². The molecule has 0 radical (unpaired) electrons. The average Bonchev–Trinajstić information content (AvgIpc) is 2.64. The number of rotatable bonds is 7. The summed E-state index contributed by atoms with van der Waals surface area (Å²) in [6.07, 6.45) is 4.12. The fourth-order valence-electron chi connectivity index (χ4n) is 2.70. The van der Waals surface area contributed by atoms with Crippen LogP contribution in [-0.4, -0.2) is 37.2 Å². The largest absolute Gasteiger partial charge is 0.497 e. The van der Waals surface area contributed by atoms with E-state index in [9.17, 15) is 0 Å². The Hall–Kier alpha value is -2.40. The second-order valence-electron chi connectivity index (χ2n) is 5.95. The number of hydrogen-bond acceptors (Lipinski definition) is 4. The topological polar surface area (TPSA) is 36.9 Å². The molecule has 0 atom stereocenters. The summed E-state index contributed by atoms with van der Waals surface area (Å²) in [6, 6.07) is 10.2. The second kappa shape index (κ2) is 8.62. The molecule has 2 aromatic rings. The summed E-state index contributed by atoms with van der Waals surface area (Å²) in [4.78, 5) is 0. The summed E-state index contributed by atoms with van der Waals surface area (Å²) in [5.74, 6) is 2.87. The molecule has 2 aromatic carbocycles. The van der Waals surface area contributed by atoms with Crippen LogP contribution in [-0.2, 0) is 0 Å². The summed E-state index contributed by atoms with van der Waals surface area (Å²) >= 11 is 0. The number of methoxy groups -OCH3 is 4. The predicted molar refractivity (Wildman–Crippen MR) is 107 cm³/mol. The van der Waals surface area contributed by atoms with Crippen molar-refractivity contribution in [3.05, 3.63) is 41.5 Å². The molecule has 0 fully saturated rings. The number of hydrogen-bond donors (Lipinski definition) is 0. The molecule has 0 aliphatic carbocycles. The van der Waals surface area contributed by atoms with Gasteiger partial charge in [-0.2, -0.15) is 0 Å². The van der Waals surface area contributed by atoms with Gasteiger partial charge in [0.1, 0.15) is 5.75 Å². The van der Waals surface area contributed by atoms with Crippen molar-refractivity contribution in [2.75, 3.05) is 28.4 Å². The molecule has 0 spiro atoms. The van der Waals surface area contributed by atoms with Crippen molar-refractivity contribution in [1.82, 2.24) is 0 Å². The summed E-state index contributed by atoms with van der Waals surface area (Å²) < 4.78 is 21.6. The monoisotopic (exact) mass is 358 g/mol. The summed E-state index contributed by atoms with van der Waals surface area (Å²) in [5.41, 5.74) is 2.12. The van der Waals surface area contributed by atoms with E-state index in [0.717, 1.165) is 16.9 Å². The molecule has 0 amide bonds. The smallest absolute Gasteiger partial charge is 0.203 e. The van der Waals surface area contributed by atoms with Crippen LogP contribution in [0.2, 0.25) is 13.1 Å². The third kappa shape index (κ3) is 4.36. The van der Waals surface area contributed by atoms with Gasteiger partial charge in [0.25, 0.3) is 0 Å². The van der Waals surface area contributed by atoms with Gasteiger partial charge in [0, 0.05) is 0 Å². The van der Waals surface area contributed by atoms with Gasteiger partial charge in [-0.25, -0.2) is 0 Å². The van der Waals surface area contributed by atoms with Crippen molar-refractivity contribution >= 4 is 26.1 Å². The highest BCUT2D eigenvalue weighted by molar-refractivity contribution is 6.71. The zero-order chi connectivity index (χ0) is 18.4. The van der Waals surface area contributed by atoms with Gasteiger partial charge >= 0.3 is 0 Å². The van der Waals surface area contributed by atoms with Crippen molar-refractivity contribution in [3.8, 4) is 23.0 Å². The lowest BCUT2D eigenvalue weighted by Gasteiger charge is -2.13. The first kappa shape index (κ1) is 18.9. The van der Waals surface area contributed by atoms with Gasteiger partial charge in [0.15, 0.2) is 11.5 Å². The van der Waals surface area contributed by atoms with Crippen LogP contribution in [0.3, 0.4) is 0 Å². The van der Waals surface area contributed by atoms with Crippen molar-refractivity contribution in [2.24, 2.45) is 0 Å². The quantitative estimate of drug-likeness (QED) is 0.560. The van der Waals surface area contributed by atoms with Crippen molar-refractivity contribution in [2.45, 2.75) is 13.1 Å². The Bertz CT molecular complexity index is 728. The zero-order valence-electron chi connectivity index (χ0n) is 15.8. The van der Waals surface area contributed by atoms with Crippen LogP contribution in [0, 0.1) is 0 Å². The molecule has 2 rings (SSSR count). The maximum absolute atomic E-state index is 5.47. The average molecular weight is 359 g/mol. The first-order chi connectivity index (χ1) is 12.0. The summed E-state index contributed by atoms with van der Waals surface area (Å²) in [7, 11) is 5.60. The Labute approximate surface area is 151 Å². The van der Waals surface area contributed by atoms with E-state index in [4.69, 9.17) is 18.9 Å². The molecule has 0 aliphatic heterocycles. The standard InChI is InChI=1S/C20H26O4Si/c1-21-16-10-9-14(13-19(16)25(5)6)7-8-15-11-17(22-2)20(24-4)18(12-15)23-3/h7-13,25H,1-6H3/b8-7-. The minimum Gasteiger partial charge on any atom is -0.497 e. The lowest BCUT2D eigenvalue weighted by atomic mass is 10.1. The molecule has 0 heterocycles. The molecule has 0 bridgehead atoms. The summed E-state index contributed by atoms with van der Waals surface area (Å²) in [6.45, 7) is 4.59. The lowest BCUT2D eigenvalue weighted by molar-refractivity contribution is 0.324. The van der Waals surface area contributed by atoms with Gasteiger partial charge in [-0.1, -0.05) is 37.4 Å². The fraction of sp³-hybridized carbons (Fsp3) is 0.300. The minimum absolute atomic E-state index is 0.597. The molecule has 4 nitrogen and oxygen atoms in total. The van der Waals surface area contributed by atoms with E-state index in [0.29, 0.717) is 17.2 Å². The van der Waals surface area contributed by atoms with Crippen LogP contribution in [0.25, 0.3) is 12.2 Å². The first-order valence-corrected chi connectivity index (χ1v) is 11.1. The highest BCUT2D eigenvalue weighted by Crippen LogP contribution is 2.38. The van der Waals surface area contributed by atoms with E-state index in [1.807, 2.05) is 24.3 Å². The van der Waals surface area contributed by atoms with Crippen LogP contribution in [0.4, 0.5) is 0 Å². The van der Waals surface area contributed by atoms with Crippen molar-refractivity contribution in [3.63, 3.8) is 0 Å². The van der Waals surface area contributed by atoms with E-state index in [1.165, 1.54) is 5.19 Å². The van der Waals surface area contributed by atoms with Crippen molar-refractivity contribution < 1.29 is 18.9 Å². The highest BCUT2D eigenvalue weighted by atomic mass is 28.3. The molecule has 0 unspecified atom stereocenters. The molecule has 5 heteroatoms. The van der Waals surface area contributed by atoms with E-state index in [2.05, 4.69) is 31.3 Å². The first-order valence-electron chi connectivity index (χ1n) is 8.20. The van der Waals surface area contributed by atoms with Gasteiger partial charge in [-0.3, -0.25) is 0 Å². The van der Waals surface area contributed by atoms with Crippen LogP contribution < -0.4 is 24.1 Å². The van der Waals surface area contributed by atoms with Crippen LogP contribution in [0.1, 0.15) is 11.1 Å². The fourth-order valence-corrected chi connectivity index (χ4v) is 4.01. The summed E-state index contributed by atoms with van der Waals surface area (Å²) in [5, 5.41) is 1.33. The Balaban J connectivity index is 2.37. The Morgan fingerprint density at radius 3 is 1.72 bits per heavy atom. The van der Waals surface area contributed by atoms with Crippen LogP contribution in [0.15, 0.2) is 30.3 Å². The zero-order valence-corrected chi connectivity index (χ0v) is 16.9. The van der Waals surface area contributed by atoms with Gasteiger partial charge in [0.2, 0.25) is 5.75 Å². The molecule has 0 saturated heterocycles. The van der Waals surface area contributed by atoms with Gasteiger partial charge in [0.05, 0.1) is 37.2 Å². The molecular formula is C20H26O4Si. The van der Waals surface area contributed by atoms with Gasteiger partial charge < -0.3 is 18.9 Å². The SMILES string of the molecule is COc1ccc(/C=C\c2cc(OC)c(OC)c(OC)c2)cc1[SiH](C)C. The van der Waals surface area contributed by atoms with E-state index < -0.39 is 8.80 Å². The molecule has 0 saturated carbocycles. The number of benzene rings is 2. The normalized spacial score (nSPS) is 11.0. The predicted octanol–water partition coefficient (Wildman–Crippen LogP) is 3.59. The third-order valence-electron chi connectivity index (χ3n) is 4.03. The molecule has 0 N–H and O–H groups in total. The van der Waals surface area contributed by atoms with Crippen LogP contribution in [0.5, 0.6) is 23.0 Å². The number of ether oxygens (including phenoxy) is 4. The van der Waals surface area contributed by atoms with E-state index >= 15 is 0 Å². The third-order valence-corrected chi connectivity index (χ3v) is 5.73. The Morgan fingerprint density at radius 2 is 1.24 bits per heavy atom. The van der Waals surface area contributed by atoms with E-state index in [1.54, 1.807) is 28.4 Å². The second-order valence-corrected chi connectivity index (χ2v) is 8.88. The van der Waals surface area contributed by atoms with Gasteiger partial charge in [-0.15, -0.1) is 0 Å². The molecule has 134 valence electrons. The van der Waals surface area contributed by atoms with Gasteiger partial charge in [-0.05, 0) is 34.5 Å². The molecule has 0 aliphatic rings. The highest BCUT2D eigenvalue weighted by Gasteiger charge is 2.12. The molecule has 25 heavy (non-hydrogen) atoms. The lowest BCUT2D eigenvalue weighted by Crippen LogP contribution is -2.24. The minimum atomic E-state index is -0.966. The maximum Gasteiger partial charge on any atom is 0.203 e. The molecular weight excluding hydrogens is 332 g/mol. The van der Waals surface area contributed by atoms with Crippen LogP contribution >= 0.6 is 0 Å². The van der Waals surface area contributed by atoms with Crippen molar-refractivity contribution in [1.29, 1.82) is 0 Å². The molecule has 0 aromatic heterocycles. The Kier molecular flexibility index (Phi) is 6.53.